The highest BCUT2D eigenvalue weighted by Crippen LogP contribution is 2.10. The predicted molar refractivity (Wildman–Crippen MR) is 56.1 cm³/mol. The summed E-state index contributed by atoms with van der Waals surface area (Å²) < 4.78 is 17.4. The van der Waals surface area contributed by atoms with Gasteiger partial charge in [0.15, 0.2) is 0 Å². The minimum atomic E-state index is -0.300. The number of esters is 1. The van der Waals surface area contributed by atoms with E-state index in [2.05, 4.69) is 10.1 Å². The molecule has 4 heteroatoms. The van der Waals surface area contributed by atoms with Crippen molar-refractivity contribution in [3.63, 3.8) is 0 Å². The van der Waals surface area contributed by atoms with E-state index in [0.717, 1.165) is 0 Å². The van der Waals surface area contributed by atoms with Gasteiger partial charge in [0.05, 0.1) is 13.0 Å². The van der Waals surface area contributed by atoms with Crippen LogP contribution in [0.3, 0.4) is 0 Å². The average molecular weight is 211 g/mol. The fraction of sp³-hybridized carbons (Fsp3) is 0.364. The molecular formula is C11H14FNO2. The largest absolute Gasteiger partial charge is 0.469 e. The quantitative estimate of drug-likeness (QED) is 0.774. The first-order valence-electron chi connectivity index (χ1n) is 4.70. The molecule has 82 valence electrons. The number of carbonyl (C=O) groups excluding carboxylic acids is 1. The maximum atomic E-state index is 12.8. The zero-order chi connectivity index (χ0) is 11.3. The van der Waals surface area contributed by atoms with E-state index in [0.29, 0.717) is 12.2 Å². The van der Waals surface area contributed by atoms with E-state index in [1.54, 1.807) is 19.1 Å². The maximum absolute atomic E-state index is 12.8. The highest BCUT2D eigenvalue weighted by Gasteiger charge is 2.12. The van der Waals surface area contributed by atoms with Crippen molar-refractivity contribution in [1.29, 1.82) is 0 Å². The lowest BCUT2D eigenvalue weighted by molar-refractivity contribution is -0.144. The van der Waals surface area contributed by atoms with Gasteiger partial charge in [0.1, 0.15) is 5.82 Å². The highest BCUT2D eigenvalue weighted by molar-refractivity contribution is 5.72. The van der Waals surface area contributed by atoms with Crippen LogP contribution in [0.1, 0.15) is 6.92 Å². The second-order valence-electron chi connectivity index (χ2n) is 3.32. The van der Waals surface area contributed by atoms with Crippen LogP contribution in [-0.2, 0) is 9.53 Å². The zero-order valence-corrected chi connectivity index (χ0v) is 8.79. The molecule has 1 rings (SSSR count). The van der Waals surface area contributed by atoms with E-state index in [9.17, 15) is 9.18 Å². The van der Waals surface area contributed by atoms with Gasteiger partial charge in [0.2, 0.25) is 0 Å². The number of anilines is 1. The molecular weight excluding hydrogens is 197 g/mol. The topological polar surface area (TPSA) is 38.3 Å². The highest BCUT2D eigenvalue weighted by atomic mass is 19.1. The Balaban J connectivity index is 2.47. The molecule has 0 aliphatic rings. The number of ether oxygens (including phenoxy) is 1. The summed E-state index contributed by atoms with van der Waals surface area (Å²) in [5.41, 5.74) is 0.658. The second kappa shape index (κ2) is 5.34. The molecule has 0 aliphatic carbocycles. The van der Waals surface area contributed by atoms with E-state index in [1.807, 2.05) is 0 Å². The normalized spacial score (nSPS) is 11.9. The molecule has 1 aromatic carbocycles. The Bertz CT molecular complexity index is 341. The van der Waals surface area contributed by atoms with Crippen LogP contribution in [0.2, 0.25) is 0 Å². The number of hydrogen-bond acceptors (Lipinski definition) is 3. The van der Waals surface area contributed by atoms with Crippen LogP contribution in [0.5, 0.6) is 0 Å². The summed E-state index contributed by atoms with van der Waals surface area (Å²) in [5.74, 6) is -0.831. The second-order valence-corrected chi connectivity index (χ2v) is 3.32. The molecule has 0 radical (unpaired) electrons. The first-order chi connectivity index (χ1) is 7.13. The molecule has 1 aromatic rings. The number of benzene rings is 1. The summed E-state index contributed by atoms with van der Waals surface area (Å²) in [6.07, 6.45) is 0. The minimum Gasteiger partial charge on any atom is -0.469 e. The van der Waals surface area contributed by atoms with Gasteiger partial charge >= 0.3 is 5.97 Å². The Labute approximate surface area is 88.2 Å². The Kier molecular flexibility index (Phi) is 4.09. The van der Waals surface area contributed by atoms with Crippen LogP contribution in [0, 0.1) is 11.7 Å². The number of methoxy groups -OCH3 is 1. The lowest BCUT2D eigenvalue weighted by atomic mass is 10.2. The van der Waals surface area contributed by atoms with Gasteiger partial charge in [0, 0.05) is 12.2 Å². The number of carbonyl (C=O) groups is 1. The van der Waals surface area contributed by atoms with Crippen LogP contribution >= 0.6 is 0 Å². The molecule has 1 N–H and O–H groups in total. The molecule has 0 aromatic heterocycles. The van der Waals surface area contributed by atoms with Crippen molar-refractivity contribution in [3.8, 4) is 0 Å². The Hall–Kier alpha value is -1.58. The SMILES string of the molecule is COC(=O)C(C)CNc1cccc(F)c1. The molecule has 0 bridgehead atoms. The Morgan fingerprint density at radius 2 is 2.33 bits per heavy atom. The summed E-state index contributed by atoms with van der Waals surface area (Å²) in [4.78, 5) is 11.1. The number of nitrogens with one attached hydrogen (secondary N) is 1. The third-order valence-corrected chi connectivity index (χ3v) is 2.04. The first kappa shape index (κ1) is 11.5. The molecule has 3 nitrogen and oxygen atoms in total. The van der Waals surface area contributed by atoms with E-state index in [4.69, 9.17) is 0 Å². The first-order valence-corrected chi connectivity index (χ1v) is 4.70. The van der Waals surface area contributed by atoms with Crippen molar-refractivity contribution >= 4 is 11.7 Å². The van der Waals surface area contributed by atoms with E-state index in [1.165, 1.54) is 19.2 Å². The van der Waals surface area contributed by atoms with Crippen molar-refractivity contribution in [3.05, 3.63) is 30.1 Å². The number of hydrogen-bond donors (Lipinski definition) is 1. The van der Waals surface area contributed by atoms with Crippen molar-refractivity contribution < 1.29 is 13.9 Å². The summed E-state index contributed by atoms with van der Waals surface area (Å²) >= 11 is 0. The summed E-state index contributed by atoms with van der Waals surface area (Å²) in [7, 11) is 1.35. The van der Waals surface area contributed by atoms with Gasteiger partial charge in [-0.15, -0.1) is 0 Å². The predicted octanol–water partition coefficient (Wildman–Crippen LogP) is 2.05. The number of rotatable bonds is 4. The van der Waals surface area contributed by atoms with Crippen molar-refractivity contribution in [1.82, 2.24) is 0 Å². The smallest absolute Gasteiger partial charge is 0.310 e. The van der Waals surface area contributed by atoms with Gasteiger partial charge in [-0.05, 0) is 18.2 Å². The molecule has 0 saturated heterocycles. The van der Waals surface area contributed by atoms with Crippen molar-refractivity contribution in [2.45, 2.75) is 6.92 Å². The summed E-state index contributed by atoms with van der Waals surface area (Å²) in [6.45, 7) is 2.17. The lowest BCUT2D eigenvalue weighted by Crippen LogP contribution is -2.21. The average Bonchev–Trinajstić information content (AvgIpc) is 2.25. The summed E-state index contributed by atoms with van der Waals surface area (Å²) in [6, 6.07) is 6.10. The van der Waals surface area contributed by atoms with Crippen LogP contribution in [-0.4, -0.2) is 19.6 Å². The van der Waals surface area contributed by atoms with Crippen LogP contribution in [0.4, 0.5) is 10.1 Å². The minimum absolute atomic E-state index is 0.252. The summed E-state index contributed by atoms with van der Waals surface area (Å²) in [5, 5.41) is 2.96. The van der Waals surface area contributed by atoms with E-state index >= 15 is 0 Å². The molecule has 15 heavy (non-hydrogen) atoms. The van der Waals surface area contributed by atoms with E-state index in [-0.39, 0.29) is 17.7 Å². The zero-order valence-electron chi connectivity index (χ0n) is 8.79. The van der Waals surface area contributed by atoms with Crippen LogP contribution < -0.4 is 5.32 Å². The molecule has 0 heterocycles. The monoisotopic (exact) mass is 211 g/mol. The van der Waals surface area contributed by atoms with Gasteiger partial charge < -0.3 is 10.1 Å². The van der Waals surface area contributed by atoms with Gasteiger partial charge in [-0.3, -0.25) is 4.79 Å². The Morgan fingerprint density at radius 1 is 1.60 bits per heavy atom. The van der Waals surface area contributed by atoms with Gasteiger partial charge in [-0.2, -0.15) is 0 Å². The van der Waals surface area contributed by atoms with E-state index < -0.39 is 0 Å². The van der Waals surface area contributed by atoms with Gasteiger partial charge in [-0.1, -0.05) is 13.0 Å². The Morgan fingerprint density at radius 3 is 2.93 bits per heavy atom. The van der Waals surface area contributed by atoms with Crippen LogP contribution in [0.15, 0.2) is 24.3 Å². The molecule has 1 atom stereocenters. The van der Waals surface area contributed by atoms with Gasteiger partial charge in [-0.25, -0.2) is 4.39 Å². The van der Waals surface area contributed by atoms with Crippen molar-refractivity contribution in [2.24, 2.45) is 5.92 Å². The molecule has 1 unspecified atom stereocenters. The fourth-order valence-electron chi connectivity index (χ4n) is 1.15. The molecule has 0 spiro atoms. The third kappa shape index (κ3) is 3.58. The maximum Gasteiger partial charge on any atom is 0.310 e. The molecule has 0 saturated carbocycles. The molecule has 0 aliphatic heterocycles. The molecule has 0 amide bonds. The fourth-order valence-corrected chi connectivity index (χ4v) is 1.15. The number of halogens is 1. The van der Waals surface area contributed by atoms with Gasteiger partial charge in [0.25, 0.3) is 0 Å². The van der Waals surface area contributed by atoms with Crippen molar-refractivity contribution in [2.75, 3.05) is 19.0 Å². The molecule has 0 fully saturated rings. The third-order valence-electron chi connectivity index (χ3n) is 2.04. The van der Waals surface area contributed by atoms with Crippen LogP contribution in [0.25, 0.3) is 0 Å². The lowest BCUT2D eigenvalue weighted by Gasteiger charge is -2.11. The standard InChI is InChI=1S/C11H14FNO2/c1-8(11(14)15-2)7-13-10-5-3-4-9(12)6-10/h3-6,8,13H,7H2,1-2H3.